The van der Waals surface area contributed by atoms with Gasteiger partial charge >= 0.3 is 0 Å². The van der Waals surface area contributed by atoms with Crippen LogP contribution in [0.25, 0.3) is 11.3 Å². The Hall–Kier alpha value is -3.21. The van der Waals surface area contributed by atoms with E-state index >= 15 is 0 Å². The van der Waals surface area contributed by atoms with Gasteiger partial charge < -0.3 is 10.2 Å². The molecule has 0 saturated carbocycles. The second kappa shape index (κ2) is 7.35. The first-order chi connectivity index (χ1) is 12.8. The molecule has 1 aromatic heterocycles. The Balaban J connectivity index is 1.54. The highest BCUT2D eigenvalue weighted by molar-refractivity contribution is 6.07. The van der Waals surface area contributed by atoms with Crippen LogP contribution in [0.4, 0.5) is 11.4 Å². The van der Waals surface area contributed by atoms with E-state index in [0.29, 0.717) is 11.3 Å². The van der Waals surface area contributed by atoms with E-state index in [1.807, 2.05) is 42.5 Å². The maximum Gasteiger partial charge on any atom is 0.259 e. The van der Waals surface area contributed by atoms with E-state index in [4.69, 9.17) is 0 Å². The van der Waals surface area contributed by atoms with Crippen molar-refractivity contribution in [2.24, 2.45) is 0 Å². The third-order valence-electron chi connectivity index (χ3n) is 4.60. The summed E-state index contributed by atoms with van der Waals surface area (Å²) in [6, 6.07) is 17.7. The molecule has 0 atom stereocenters. The van der Waals surface area contributed by atoms with Gasteiger partial charge in [-0.1, -0.05) is 30.3 Å². The minimum atomic E-state index is -0.210. The van der Waals surface area contributed by atoms with Gasteiger partial charge in [0.15, 0.2) is 0 Å². The molecule has 1 aliphatic rings. The van der Waals surface area contributed by atoms with Crippen LogP contribution in [0, 0.1) is 0 Å². The van der Waals surface area contributed by atoms with Crippen molar-refractivity contribution in [2.75, 3.05) is 23.3 Å². The molecule has 1 fully saturated rings. The van der Waals surface area contributed by atoms with E-state index in [1.54, 1.807) is 6.20 Å². The number of rotatable bonds is 4. The SMILES string of the molecule is O=C(Nc1ccc(N2CCCC2)cc1)c1cncnc1-c1ccccc1. The van der Waals surface area contributed by atoms with Crippen LogP contribution in [0.2, 0.25) is 0 Å². The quantitative estimate of drug-likeness (QED) is 0.777. The van der Waals surface area contributed by atoms with E-state index in [-0.39, 0.29) is 5.91 Å². The van der Waals surface area contributed by atoms with Crippen LogP contribution in [0.15, 0.2) is 67.1 Å². The molecule has 26 heavy (non-hydrogen) atoms. The summed E-state index contributed by atoms with van der Waals surface area (Å²) in [5.74, 6) is -0.210. The van der Waals surface area contributed by atoms with Crippen LogP contribution in [0.3, 0.4) is 0 Å². The topological polar surface area (TPSA) is 58.1 Å². The Labute approximate surface area is 152 Å². The van der Waals surface area contributed by atoms with Crippen molar-refractivity contribution in [1.82, 2.24) is 9.97 Å². The average molecular weight is 344 g/mol. The van der Waals surface area contributed by atoms with Crippen LogP contribution in [0.1, 0.15) is 23.2 Å². The molecule has 3 aromatic rings. The van der Waals surface area contributed by atoms with Gasteiger partial charge in [-0.3, -0.25) is 4.79 Å². The Morgan fingerprint density at radius 3 is 2.42 bits per heavy atom. The van der Waals surface area contributed by atoms with Gasteiger partial charge in [0, 0.05) is 36.2 Å². The normalized spacial score (nSPS) is 13.6. The summed E-state index contributed by atoms with van der Waals surface area (Å²) in [4.78, 5) is 23.4. The third-order valence-corrected chi connectivity index (χ3v) is 4.60. The first-order valence-electron chi connectivity index (χ1n) is 8.83. The maximum atomic E-state index is 12.7. The molecule has 0 bridgehead atoms. The number of nitrogens with one attached hydrogen (secondary N) is 1. The molecule has 1 N–H and O–H groups in total. The predicted octanol–water partition coefficient (Wildman–Crippen LogP) is 4.00. The van der Waals surface area contributed by atoms with Crippen LogP contribution in [-0.4, -0.2) is 29.0 Å². The standard InChI is InChI=1S/C21H20N4O/c26-21(19-14-22-15-23-20(19)16-6-2-1-3-7-16)24-17-8-10-18(11-9-17)25-12-4-5-13-25/h1-3,6-11,14-15H,4-5,12-13H2,(H,24,26). The van der Waals surface area contributed by atoms with Gasteiger partial charge in [-0.25, -0.2) is 9.97 Å². The molecule has 0 unspecified atom stereocenters. The second-order valence-electron chi connectivity index (χ2n) is 6.35. The van der Waals surface area contributed by atoms with Gasteiger partial charge in [0.1, 0.15) is 6.33 Å². The molecule has 4 rings (SSSR count). The molecule has 0 spiro atoms. The summed E-state index contributed by atoms with van der Waals surface area (Å²) in [6.45, 7) is 2.21. The number of anilines is 2. The molecule has 0 aliphatic carbocycles. The highest BCUT2D eigenvalue weighted by atomic mass is 16.1. The molecule has 2 heterocycles. The Bertz CT molecular complexity index is 887. The minimum absolute atomic E-state index is 0.210. The highest BCUT2D eigenvalue weighted by Crippen LogP contribution is 2.24. The smallest absolute Gasteiger partial charge is 0.259 e. The summed E-state index contributed by atoms with van der Waals surface area (Å²) < 4.78 is 0. The lowest BCUT2D eigenvalue weighted by Crippen LogP contribution is -2.18. The molecule has 5 heteroatoms. The zero-order valence-electron chi connectivity index (χ0n) is 14.4. The van der Waals surface area contributed by atoms with Crippen molar-refractivity contribution < 1.29 is 4.79 Å². The summed E-state index contributed by atoms with van der Waals surface area (Å²) in [6.07, 6.45) is 5.51. The number of hydrogen-bond acceptors (Lipinski definition) is 4. The molecular formula is C21H20N4O. The fourth-order valence-electron chi connectivity index (χ4n) is 3.25. The molecule has 1 aliphatic heterocycles. The van der Waals surface area contributed by atoms with E-state index in [1.165, 1.54) is 24.9 Å². The van der Waals surface area contributed by atoms with Gasteiger partial charge in [0.2, 0.25) is 0 Å². The van der Waals surface area contributed by atoms with Gasteiger partial charge in [-0.2, -0.15) is 0 Å². The lowest BCUT2D eigenvalue weighted by molar-refractivity contribution is 0.102. The largest absolute Gasteiger partial charge is 0.372 e. The zero-order chi connectivity index (χ0) is 17.8. The third kappa shape index (κ3) is 3.42. The average Bonchev–Trinajstić information content (AvgIpc) is 3.24. The number of amides is 1. The monoisotopic (exact) mass is 344 g/mol. The molecule has 130 valence electrons. The van der Waals surface area contributed by atoms with Gasteiger partial charge in [0.25, 0.3) is 5.91 Å². The van der Waals surface area contributed by atoms with Crippen LogP contribution >= 0.6 is 0 Å². The van der Waals surface area contributed by atoms with E-state index in [9.17, 15) is 4.79 Å². The lowest BCUT2D eigenvalue weighted by atomic mass is 10.1. The van der Waals surface area contributed by atoms with E-state index in [2.05, 4.69) is 32.3 Å². The first-order valence-corrected chi connectivity index (χ1v) is 8.83. The maximum absolute atomic E-state index is 12.7. The van der Waals surface area contributed by atoms with Crippen molar-refractivity contribution in [3.05, 3.63) is 72.7 Å². The molecular weight excluding hydrogens is 324 g/mol. The van der Waals surface area contributed by atoms with Crippen molar-refractivity contribution in [3.63, 3.8) is 0 Å². The number of nitrogens with zero attached hydrogens (tertiary/aromatic N) is 3. The first kappa shape index (κ1) is 16.3. The summed E-state index contributed by atoms with van der Waals surface area (Å²) >= 11 is 0. The summed E-state index contributed by atoms with van der Waals surface area (Å²) in [5, 5.41) is 2.95. The zero-order valence-corrected chi connectivity index (χ0v) is 14.4. The van der Waals surface area contributed by atoms with Crippen LogP contribution in [0.5, 0.6) is 0 Å². The van der Waals surface area contributed by atoms with Crippen LogP contribution in [-0.2, 0) is 0 Å². The Morgan fingerprint density at radius 1 is 0.962 bits per heavy atom. The number of hydrogen-bond donors (Lipinski definition) is 1. The van der Waals surface area contributed by atoms with Gasteiger partial charge in [0.05, 0.1) is 11.3 Å². The predicted molar refractivity (Wildman–Crippen MR) is 103 cm³/mol. The fraction of sp³-hybridized carbons (Fsp3) is 0.190. The summed E-state index contributed by atoms with van der Waals surface area (Å²) in [7, 11) is 0. The van der Waals surface area contributed by atoms with E-state index in [0.717, 1.165) is 24.3 Å². The van der Waals surface area contributed by atoms with Gasteiger partial charge in [-0.15, -0.1) is 0 Å². The van der Waals surface area contributed by atoms with Crippen LogP contribution < -0.4 is 10.2 Å². The number of aromatic nitrogens is 2. The molecule has 2 aromatic carbocycles. The van der Waals surface area contributed by atoms with Crippen molar-refractivity contribution in [1.29, 1.82) is 0 Å². The number of benzene rings is 2. The highest BCUT2D eigenvalue weighted by Gasteiger charge is 2.15. The molecule has 0 radical (unpaired) electrons. The van der Waals surface area contributed by atoms with Gasteiger partial charge in [-0.05, 0) is 37.1 Å². The fourth-order valence-corrected chi connectivity index (χ4v) is 3.25. The minimum Gasteiger partial charge on any atom is -0.372 e. The van der Waals surface area contributed by atoms with E-state index < -0.39 is 0 Å². The lowest BCUT2D eigenvalue weighted by Gasteiger charge is -2.18. The molecule has 5 nitrogen and oxygen atoms in total. The Kier molecular flexibility index (Phi) is 4.60. The van der Waals surface area contributed by atoms with Crippen molar-refractivity contribution in [3.8, 4) is 11.3 Å². The number of carbonyl (C=O) groups excluding carboxylic acids is 1. The van der Waals surface area contributed by atoms with Crippen molar-refractivity contribution in [2.45, 2.75) is 12.8 Å². The molecule has 1 saturated heterocycles. The number of carbonyl (C=O) groups is 1. The van der Waals surface area contributed by atoms with Crippen molar-refractivity contribution >= 4 is 17.3 Å². The second-order valence-corrected chi connectivity index (χ2v) is 6.35. The Morgan fingerprint density at radius 2 is 1.69 bits per heavy atom. The summed E-state index contributed by atoms with van der Waals surface area (Å²) in [5.41, 5.74) is 3.95. The molecule has 1 amide bonds.